The van der Waals surface area contributed by atoms with Gasteiger partial charge in [-0.2, -0.15) is 0 Å². The van der Waals surface area contributed by atoms with Gasteiger partial charge in [-0.05, 0) is 13.3 Å². The number of aliphatic carboxylic acids is 1. The second-order valence-electron chi connectivity index (χ2n) is 6.41. The van der Waals surface area contributed by atoms with Gasteiger partial charge in [-0.15, -0.1) is 0 Å². The van der Waals surface area contributed by atoms with Gasteiger partial charge in [-0.1, -0.05) is 71.1 Å². The molecule has 2 atom stereocenters. The van der Waals surface area contributed by atoms with Crippen LogP contribution in [0.25, 0.3) is 0 Å². The van der Waals surface area contributed by atoms with Crippen molar-refractivity contribution in [2.45, 2.75) is 103 Å². The minimum atomic E-state index is -1.21. The van der Waals surface area contributed by atoms with Gasteiger partial charge in [0.25, 0.3) is 0 Å². The van der Waals surface area contributed by atoms with Crippen molar-refractivity contribution in [1.82, 2.24) is 5.32 Å². The predicted octanol–water partition coefficient (Wildman–Crippen LogP) is 0.754. The zero-order valence-electron chi connectivity index (χ0n) is 16.9. The average Bonchev–Trinajstić information content (AvgIpc) is 2.49. The van der Waals surface area contributed by atoms with Crippen LogP contribution in [-0.4, -0.2) is 34.2 Å². The maximum absolute atomic E-state index is 11.6. The van der Waals surface area contributed by atoms with Gasteiger partial charge in [0.2, 0.25) is 5.91 Å². The van der Waals surface area contributed by atoms with E-state index in [1.54, 1.807) is 0 Å². The topological polar surface area (TPSA) is 86.6 Å². The van der Waals surface area contributed by atoms with Crippen LogP contribution < -0.4 is 34.9 Å². The third-order valence-electron chi connectivity index (χ3n) is 4.07. The Morgan fingerprint density at radius 3 is 1.71 bits per heavy atom. The van der Waals surface area contributed by atoms with E-state index in [9.17, 15) is 14.7 Å². The Hall–Kier alpha value is -0.100. The summed E-state index contributed by atoms with van der Waals surface area (Å²) in [5.41, 5.74) is 0. The van der Waals surface area contributed by atoms with Crippen LogP contribution >= 0.6 is 0 Å². The van der Waals surface area contributed by atoms with Crippen LogP contribution in [0.3, 0.4) is 0 Å². The molecule has 0 aromatic carbocycles. The molecule has 24 heavy (non-hydrogen) atoms. The van der Waals surface area contributed by atoms with Crippen LogP contribution in [0.1, 0.15) is 92.3 Å². The summed E-state index contributed by atoms with van der Waals surface area (Å²) in [6.07, 6.45) is 12.6. The first kappa shape index (κ1) is 26.1. The van der Waals surface area contributed by atoms with Gasteiger partial charge in [0.15, 0.2) is 6.04 Å². The molecule has 0 aliphatic heterocycles. The average molecular weight is 353 g/mol. The number of amides is 1. The summed E-state index contributed by atoms with van der Waals surface area (Å²) in [5.74, 6) is -1.50. The Morgan fingerprint density at radius 2 is 1.33 bits per heavy atom. The van der Waals surface area contributed by atoms with E-state index in [0.717, 1.165) is 19.3 Å². The Kier molecular flexibility index (Phi) is 19.3. The molecule has 0 aliphatic carbocycles. The summed E-state index contributed by atoms with van der Waals surface area (Å²) in [6.45, 7) is 3.59. The second kappa shape index (κ2) is 17.7. The van der Waals surface area contributed by atoms with Crippen LogP contribution in [0, 0.1) is 0 Å². The zero-order valence-corrected chi connectivity index (χ0v) is 17.9. The van der Waals surface area contributed by atoms with Crippen LogP contribution in [0.5, 0.6) is 0 Å². The second-order valence-corrected chi connectivity index (χ2v) is 6.41. The number of hydrogen-bond donors (Lipinski definition) is 3. The summed E-state index contributed by atoms with van der Waals surface area (Å²) in [5, 5.41) is 20.5. The number of unbranched alkanes of at least 4 members (excludes halogenated alkanes) is 10. The molecule has 0 saturated carbocycles. The van der Waals surface area contributed by atoms with Crippen LogP contribution in [0.2, 0.25) is 0 Å². The number of carboxylic acids is 1. The summed E-state index contributed by atoms with van der Waals surface area (Å²) >= 11 is 0. The first-order valence-corrected chi connectivity index (χ1v) is 9.19. The van der Waals surface area contributed by atoms with Crippen LogP contribution in [0.15, 0.2) is 0 Å². The van der Waals surface area contributed by atoms with E-state index in [0.29, 0.717) is 6.42 Å². The SMILES string of the molecule is CCCCCCCCCCCCCC(=O)N[C@H](C(=O)O)[C@@H](C)O.[H-].[Na+]. The fraction of sp³-hybridized carbons (Fsp3) is 0.889. The molecule has 0 aromatic heterocycles. The molecule has 0 unspecified atom stereocenters. The number of carbonyl (C=O) groups is 2. The molecule has 0 radical (unpaired) electrons. The largest absolute Gasteiger partial charge is 1.00 e. The van der Waals surface area contributed by atoms with Gasteiger partial charge in [-0.3, -0.25) is 4.79 Å². The maximum Gasteiger partial charge on any atom is 1.00 e. The molecule has 6 heteroatoms. The normalized spacial score (nSPS) is 13.0. The van der Waals surface area contributed by atoms with Crippen molar-refractivity contribution in [1.29, 1.82) is 0 Å². The summed E-state index contributed by atoms with van der Waals surface area (Å²) in [4.78, 5) is 22.5. The molecular weight excluding hydrogens is 317 g/mol. The smallest absolute Gasteiger partial charge is 1.00 e. The number of carboxylic acid groups (broad SMARTS) is 1. The monoisotopic (exact) mass is 353 g/mol. The van der Waals surface area contributed by atoms with Crippen LogP contribution in [-0.2, 0) is 9.59 Å². The van der Waals surface area contributed by atoms with E-state index >= 15 is 0 Å². The Balaban J connectivity index is -0.00000242. The van der Waals surface area contributed by atoms with E-state index < -0.39 is 18.1 Å². The van der Waals surface area contributed by atoms with Gasteiger partial charge in [0.05, 0.1) is 6.10 Å². The van der Waals surface area contributed by atoms with Crippen molar-refractivity contribution in [2.75, 3.05) is 0 Å². The molecule has 0 saturated heterocycles. The van der Waals surface area contributed by atoms with Crippen LogP contribution in [0.4, 0.5) is 0 Å². The van der Waals surface area contributed by atoms with Crippen molar-refractivity contribution in [3.05, 3.63) is 0 Å². The van der Waals surface area contributed by atoms with E-state index in [1.807, 2.05) is 0 Å². The minimum Gasteiger partial charge on any atom is -1.00 e. The number of nitrogens with one attached hydrogen (secondary N) is 1. The third-order valence-corrected chi connectivity index (χ3v) is 4.07. The predicted molar refractivity (Wildman–Crippen MR) is 93.4 cm³/mol. The molecule has 0 heterocycles. The summed E-state index contributed by atoms with van der Waals surface area (Å²) < 4.78 is 0. The molecule has 0 rings (SSSR count). The van der Waals surface area contributed by atoms with Gasteiger partial charge in [-0.25, -0.2) is 4.79 Å². The number of hydrogen-bond acceptors (Lipinski definition) is 3. The zero-order chi connectivity index (χ0) is 17.5. The number of rotatable bonds is 15. The fourth-order valence-electron chi connectivity index (χ4n) is 2.58. The van der Waals surface area contributed by atoms with E-state index in [2.05, 4.69) is 12.2 Å². The Morgan fingerprint density at radius 1 is 0.917 bits per heavy atom. The standard InChI is InChI=1S/C18H35NO4.Na.H/c1-3-4-5-6-7-8-9-10-11-12-13-14-16(21)19-17(15(2)20)18(22)23;;/h15,17,20H,3-14H2,1-2H3,(H,19,21)(H,22,23);;/q;+1;-1/t15-,17+;;/m1../s1. The summed E-state index contributed by atoms with van der Waals surface area (Å²) in [7, 11) is 0. The molecule has 138 valence electrons. The summed E-state index contributed by atoms with van der Waals surface area (Å²) in [6, 6.07) is -1.21. The Labute approximate surface area is 170 Å². The van der Waals surface area contributed by atoms with Gasteiger partial charge in [0.1, 0.15) is 0 Å². The first-order valence-electron chi connectivity index (χ1n) is 9.19. The molecule has 0 spiro atoms. The molecule has 0 aromatic rings. The third kappa shape index (κ3) is 15.4. The minimum absolute atomic E-state index is 0. The molecule has 5 nitrogen and oxygen atoms in total. The van der Waals surface area contributed by atoms with Crippen molar-refractivity contribution >= 4 is 11.9 Å². The first-order chi connectivity index (χ1) is 11.0. The number of aliphatic hydroxyl groups excluding tert-OH is 1. The fourth-order valence-corrected chi connectivity index (χ4v) is 2.58. The van der Waals surface area contributed by atoms with Gasteiger partial charge < -0.3 is 17.0 Å². The van der Waals surface area contributed by atoms with E-state index in [1.165, 1.54) is 58.3 Å². The van der Waals surface area contributed by atoms with Crippen molar-refractivity contribution in [2.24, 2.45) is 0 Å². The number of aliphatic hydroxyl groups is 1. The van der Waals surface area contributed by atoms with Gasteiger partial charge in [0, 0.05) is 6.42 Å². The molecule has 0 bridgehead atoms. The maximum atomic E-state index is 11.6. The van der Waals surface area contributed by atoms with E-state index in [-0.39, 0.29) is 36.9 Å². The quantitative estimate of drug-likeness (QED) is 0.300. The van der Waals surface area contributed by atoms with Gasteiger partial charge >= 0.3 is 35.5 Å². The van der Waals surface area contributed by atoms with Crippen molar-refractivity contribution in [3.63, 3.8) is 0 Å². The molecule has 0 fully saturated rings. The van der Waals surface area contributed by atoms with Crippen molar-refractivity contribution in [3.8, 4) is 0 Å². The molecular formula is C18H36NNaO4. The van der Waals surface area contributed by atoms with E-state index in [4.69, 9.17) is 5.11 Å². The molecule has 1 amide bonds. The number of carbonyl (C=O) groups excluding carboxylic acids is 1. The molecule has 0 aliphatic rings. The molecule has 3 N–H and O–H groups in total. The van der Waals surface area contributed by atoms with Crippen molar-refractivity contribution < 1.29 is 50.8 Å². The Bertz CT molecular complexity index is 330.